The summed E-state index contributed by atoms with van der Waals surface area (Å²) < 4.78 is 70.1. The summed E-state index contributed by atoms with van der Waals surface area (Å²) in [5, 5.41) is -0.247. The van der Waals surface area contributed by atoms with Gasteiger partial charge in [-0.2, -0.15) is 13.2 Å². The summed E-state index contributed by atoms with van der Waals surface area (Å²) in [6.07, 6.45) is -4.10. The number of alkyl halides is 3. The highest BCUT2D eigenvalue weighted by molar-refractivity contribution is 7.89. The molecule has 1 fully saturated rings. The van der Waals surface area contributed by atoms with Gasteiger partial charge in [0, 0.05) is 19.6 Å². The van der Waals surface area contributed by atoms with Crippen LogP contribution < -0.4 is 4.72 Å². The van der Waals surface area contributed by atoms with Crippen LogP contribution in [0.2, 0.25) is 5.02 Å². The monoisotopic (exact) mass is 386 g/mol. The molecule has 0 amide bonds. The Morgan fingerprint density at radius 3 is 2.54 bits per heavy atom. The molecule has 1 aliphatic heterocycles. The molecule has 1 aromatic carbocycles. The van der Waals surface area contributed by atoms with Gasteiger partial charge in [-0.05, 0) is 31.2 Å². The average Bonchev–Trinajstić information content (AvgIpc) is 2.52. The lowest BCUT2D eigenvalue weighted by Gasteiger charge is -2.26. The lowest BCUT2D eigenvalue weighted by Crippen LogP contribution is -2.38. The van der Waals surface area contributed by atoms with E-state index in [9.17, 15) is 21.6 Å². The van der Waals surface area contributed by atoms with Crippen molar-refractivity contribution in [3.63, 3.8) is 0 Å². The van der Waals surface area contributed by atoms with Crippen LogP contribution in [-0.2, 0) is 20.9 Å². The summed E-state index contributed by atoms with van der Waals surface area (Å²) in [4.78, 5) is 1.57. The van der Waals surface area contributed by atoms with E-state index < -0.39 is 26.7 Å². The molecule has 1 aromatic rings. The first-order valence-corrected chi connectivity index (χ1v) is 9.23. The molecule has 10 heteroatoms. The highest BCUT2D eigenvalue weighted by Gasteiger charge is 2.32. The van der Waals surface area contributed by atoms with E-state index >= 15 is 0 Å². The third-order valence-corrected chi connectivity index (χ3v) is 5.54. The van der Waals surface area contributed by atoms with E-state index in [0.717, 1.165) is 25.2 Å². The van der Waals surface area contributed by atoms with Crippen molar-refractivity contribution in [1.29, 1.82) is 0 Å². The minimum absolute atomic E-state index is 0.117. The van der Waals surface area contributed by atoms with Gasteiger partial charge in [-0.25, -0.2) is 13.1 Å². The topological polar surface area (TPSA) is 58.6 Å². The van der Waals surface area contributed by atoms with Gasteiger partial charge in [-0.1, -0.05) is 11.6 Å². The molecule has 2 rings (SSSR count). The molecule has 1 aliphatic rings. The van der Waals surface area contributed by atoms with Crippen LogP contribution in [0.5, 0.6) is 0 Å². The Bertz CT molecular complexity index is 662. The molecular weight excluding hydrogens is 369 g/mol. The first-order chi connectivity index (χ1) is 11.2. The van der Waals surface area contributed by atoms with Crippen LogP contribution in [0.3, 0.4) is 0 Å². The molecule has 1 N–H and O–H groups in total. The number of hydrogen-bond donors (Lipinski definition) is 1. The number of halogens is 4. The summed E-state index contributed by atoms with van der Waals surface area (Å²) >= 11 is 5.76. The average molecular weight is 387 g/mol. The van der Waals surface area contributed by atoms with Crippen molar-refractivity contribution in [2.75, 3.05) is 39.4 Å². The lowest BCUT2D eigenvalue weighted by atomic mass is 10.2. The third-order valence-electron chi connectivity index (χ3n) is 3.59. The van der Waals surface area contributed by atoms with Gasteiger partial charge in [0.1, 0.15) is 4.90 Å². The molecule has 0 aliphatic carbocycles. The lowest BCUT2D eigenvalue weighted by molar-refractivity contribution is -0.137. The largest absolute Gasteiger partial charge is 0.416 e. The number of nitrogens with one attached hydrogen (secondary N) is 1. The smallest absolute Gasteiger partial charge is 0.379 e. The maximum atomic E-state index is 12.7. The number of ether oxygens (including phenoxy) is 1. The van der Waals surface area contributed by atoms with Crippen LogP contribution in [0.4, 0.5) is 13.2 Å². The second-order valence-electron chi connectivity index (χ2n) is 5.35. The molecule has 0 radical (unpaired) electrons. The maximum Gasteiger partial charge on any atom is 0.416 e. The molecule has 1 saturated heterocycles. The van der Waals surface area contributed by atoms with Crippen molar-refractivity contribution < 1.29 is 26.3 Å². The number of nitrogens with zero attached hydrogens (tertiary/aromatic N) is 1. The molecule has 0 atom stereocenters. The highest BCUT2D eigenvalue weighted by atomic mass is 35.5. The Morgan fingerprint density at radius 1 is 1.25 bits per heavy atom. The molecule has 0 saturated carbocycles. The van der Waals surface area contributed by atoms with Crippen LogP contribution in [0.25, 0.3) is 0 Å². The zero-order chi connectivity index (χ0) is 17.8. The second-order valence-corrected chi connectivity index (χ2v) is 7.49. The summed E-state index contributed by atoms with van der Waals surface area (Å²) in [7, 11) is -4.10. The van der Waals surface area contributed by atoms with Crippen molar-refractivity contribution in [1.82, 2.24) is 9.62 Å². The molecule has 0 aromatic heterocycles. The van der Waals surface area contributed by atoms with Crippen molar-refractivity contribution >= 4 is 21.6 Å². The standard InChI is InChI=1S/C14H18ClF3N2O3S/c15-12-3-2-11(14(16,17)18)10-13(12)24(21,22)19-4-1-5-20-6-8-23-9-7-20/h2-3,10,19H,1,4-9H2. The molecular formula is C14H18ClF3N2O3S. The quantitative estimate of drug-likeness (QED) is 0.762. The normalized spacial score (nSPS) is 17.2. The minimum atomic E-state index is -4.63. The van der Waals surface area contributed by atoms with Crippen LogP contribution in [0.15, 0.2) is 23.1 Å². The van der Waals surface area contributed by atoms with Crippen LogP contribution in [0.1, 0.15) is 12.0 Å². The second kappa shape index (κ2) is 8.01. The van der Waals surface area contributed by atoms with E-state index in [1.807, 2.05) is 0 Å². The molecule has 5 nitrogen and oxygen atoms in total. The van der Waals surface area contributed by atoms with Crippen molar-refractivity contribution in [3.05, 3.63) is 28.8 Å². The first kappa shape index (κ1) is 19.5. The van der Waals surface area contributed by atoms with E-state index in [1.54, 1.807) is 0 Å². The first-order valence-electron chi connectivity index (χ1n) is 7.37. The molecule has 1 heterocycles. The van der Waals surface area contributed by atoms with Crippen molar-refractivity contribution in [2.24, 2.45) is 0 Å². The molecule has 136 valence electrons. The Labute approximate surface area is 143 Å². The molecule has 24 heavy (non-hydrogen) atoms. The van der Waals surface area contributed by atoms with Gasteiger partial charge in [-0.3, -0.25) is 4.90 Å². The Morgan fingerprint density at radius 2 is 1.92 bits per heavy atom. The number of sulfonamides is 1. The third kappa shape index (κ3) is 5.32. The number of hydrogen-bond acceptors (Lipinski definition) is 4. The van der Waals surface area contributed by atoms with Gasteiger partial charge in [0.25, 0.3) is 0 Å². The Kier molecular flexibility index (Phi) is 6.49. The maximum absolute atomic E-state index is 12.7. The zero-order valence-electron chi connectivity index (χ0n) is 12.8. The van der Waals surface area contributed by atoms with E-state index in [0.29, 0.717) is 32.2 Å². The molecule has 0 unspecified atom stereocenters. The predicted molar refractivity (Wildman–Crippen MR) is 83.5 cm³/mol. The van der Waals surface area contributed by atoms with E-state index in [4.69, 9.17) is 16.3 Å². The van der Waals surface area contributed by atoms with Crippen LogP contribution in [0, 0.1) is 0 Å². The highest BCUT2D eigenvalue weighted by Crippen LogP contribution is 2.33. The number of rotatable bonds is 6. The Hall–Kier alpha value is -0.870. The summed E-state index contributed by atoms with van der Waals surface area (Å²) in [5.74, 6) is 0. The Balaban J connectivity index is 1.97. The van der Waals surface area contributed by atoms with Gasteiger partial charge >= 0.3 is 6.18 Å². The number of morpholine rings is 1. The van der Waals surface area contributed by atoms with Gasteiger partial charge in [0.15, 0.2) is 0 Å². The van der Waals surface area contributed by atoms with Gasteiger partial charge in [0.2, 0.25) is 10.0 Å². The van der Waals surface area contributed by atoms with E-state index in [1.165, 1.54) is 0 Å². The summed E-state index contributed by atoms with van der Waals surface area (Å²) in [6, 6.07) is 2.24. The minimum Gasteiger partial charge on any atom is -0.379 e. The number of benzene rings is 1. The fourth-order valence-corrected chi connectivity index (χ4v) is 3.90. The summed E-state index contributed by atoms with van der Waals surface area (Å²) in [5.41, 5.74) is -1.06. The fourth-order valence-electron chi connectivity index (χ4n) is 2.30. The predicted octanol–water partition coefficient (Wildman–Crippen LogP) is 2.36. The zero-order valence-corrected chi connectivity index (χ0v) is 14.3. The van der Waals surface area contributed by atoms with Gasteiger partial charge in [0.05, 0.1) is 23.8 Å². The van der Waals surface area contributed by atoms with E-state index in [2.05, 4.69) is 9.62 Å². The molecule has 0 bridgehead atoms. The van der Waals surface area contributed by atoms with E-state index in [-0.39, 0.29) is 11.6 Å². The van der Waals surface area contributed by atoms with Crippen LogP contribution in [-0.4, -0.2) is 52.7 Å². The SMILES string of the molecule is O=S(=O)(NCCCN1CCOCC1)c1cc(C(F)(F)F)ccc1Cl. The van der Waals surface area contributed by atoms with Crippen molar-refractivity contribution in [3.8, 4) is 0 Å². The fraction of sp³-hybridized carbons (Fsp3) is 0.571. The summed E-state index contributed by atoms with van der Waals surface area (Å²) in [6.45, 7) is 3.66. The molecule has 0 spiro atoms. The van der Waals surface area contributed by atoms with Gasteiger partial charge in [-0.15, -0.1) is 0 Å². The van der Waals surface area contributed by atoms with Gasteiger partial charge < -0.3 is 4.74 Å². The van der Waals surface area contributed by atoms with Crippen LogP contribution >= 0.6 is 11.6 Å². The van der Waals surface area contributed by atoms with Crippen molar-refractivity contribution in [2.45, 2.75) is 17.5 Å².